The highest BCUT2D eigenvalue weighted by molar-refractivity contribution is 8.57. The van der Waals surface area contributed by atoms with E-state index in [0.717, 1.165) is 25.7 Å². The van der Waals surface area contributed by atoms with Gasteiger partial charge in [0.25, 0.3) is 12.6 Å². The molecule has 6 nitrogen and oxygen atoms in total. The number of rotatable bonds is 11. The maximum Gasteiger partial charge on any atom is 0.306 e. The molecule has 0 heterocycles. The summed E-state index contributed by atoms with van der Waals surface area (Å²) in [6.45, 7) is 2.59. The topological polar surface area (TPSA) is 75.7 Å². The highest BCUT2D eigenvalue weighted by Gasteiger charge is 2.32. The molecule has 0 bridgehead atoms. The van der Waals surface area contributed by atoms with Crippen molar-refractivity contribution >= 4 is 29.9 Å². The van der Waals surface area contributed by atoms with Gasteiger partial charge in [0.2, 0.25) is 0 Å². The first-order valence-electron chi connectivity index (χ1n) is 7.70. The number of amides is 1. The number of nitrogens with one attached hydrogen (secondary N) is 1. The molecule has 0 aromatic carbocycles. The van der Waals surface area contributed by atoms with Gasteiger partial charge in [0.15, 0.2) is 6.61 Å². The molecule has 0 rings (SSSR count). The van der Waals surface area contributed by atoms with Gasteiger partial charge >= 0.3 is 5.97 Å². The number of hydrogen-bond donors (Lipinski definition) is 1. The van der Waals surface area contributed by atoms with Crippen molar-refractivity contribution in [1.82, 2.24) is 9.76 Å². The third kappa shape index (κ3) is 7.65. The van der Waals surface area contributed by atoms with Gasteiger partial charge < -0.3 is 4.74 Å². The summed E-state index contributed by atoms with van der Waals surface area (Å²) < 4.78 is 18.9. The molecule has 2 unspecified atom stereocenters. The van der Waals surface area contributed by atoms with Crippen LogP contribution in [0.5, 0.6) is 0 Å². The van der Waals surface area contributed by atoms with E-state index in [0.29, 0.717) is 6.42 Å². The van der Waals surface area contributed by atoms with Crippen LogP contribution in [0.4, 0.5) is 0 Å². The fraction of sp³-hybridized carbons (Fsp3) is 0.857. The highest BCUT2D eigenvalue weighted by atomic mass is 32.7. The zero-order valence-electron chi connectivity index (χ0n) is 14.3. The molecule has 0 aliphatic heterocycles. The Morgan fingerprint density at radius 1 is 1.32 bits per heavy atom. The van der Waals surface area contributed by atoms with E-state index >= 15 is 0 Å². The van der Waals surface area contributed by atoms with Gasteiger partial charge in [-0.05, 0) is 19.9 Å². The molecule has 2 atom stereocenters. The Morgan fingerprint density at radius 3 is 2.45 bits per heavy atom. The number of likely N-dealkylation sites (N-methyl/N-ethyl adjacent to an activating group) is 1. The largest absolute Gasteiger partial charge is 0.456 e. The maximum atomic E-state index is 12.8. The minimum atomic E-state index is -3.05. The quantitative estimate of drug-likeness (QED) is 0.349. The van der Waals surface area contributed by atoms with Gasteiger partial charge in [0, 0.05) is 18.7 Å². The number of carbonyl (C=O) groups excluding carboxylic acids is 2. The number of ether oxygens (including phenoxy) is 1. The Bertz CT molecular complexity index is 406. The normalized spacial score (nSPS) is 15.0. The molecule has 1 amide bonds. The smallest absolute Gasteiger partial charge is 0.306 e. The van der Waals surface area contributed by atoms with Crippen molar-refractivity contribution in [3.8, 4) is 0 Å². The number of hydrogen-bond acceptors (Lipinski definition) is 5. The van der Waals surface area contributed by atoms with Crippen molar-refractivity contribution in [2.24, 2.45) is 0 Å². The van der Waals surface area contributed by atoms with Crippen LogP contribution in [-0.2, 0) is 18.9 Å². The first kappa shape index (κ1) is 21.5. The number of unbranched alkanes of at least 4 members (excludes halogenated alkanes) is 2. The summed E-state index contributed by atoms with van der Waals surface area (Å²) in [5.74, 6) is -0.846. The van der Waals surface area contributed by atoms with E-state index in [-0.39, 0.29) is 17.8 Å². The van der Waals surface area contributed by atoms with Crippen LogP contribution in [0.15, 0.2) is 0 Å². The Hall–Kier alpha value is -0.520. The summed E-state index contributed by atoms with van der Waals surface area (Å²) in [4.78, 5) is 23.6. The first-order chi connectivity index (χ1) is 10.3. The van der Waals surface area contributed by atoms with Crippen molar-refractivity contribution in [3.05, 3.63) is 0 Å². The average molecular weight is 352 g/mol. The third-order valence-electron chi connectivity index (χ3n) is 3.28. The zero-order valence-corrected chi connectivity index (χ0v) is 16.0. The van der Waals surface area contributed by atoms with Crippen molar-refractivity contribution < 1.29 is 18.9 Å². The van der Waals surface area contributed by atoms with Gasteiger partial charge in [0.1, 0.15) is 0 Å². The molecule has 8 heteroatoms. The van der Waals surface area contributed by atoms with Gasteiger partial charge in [-0.1, -0.05) is 45.0 Å². The lowest BCUT2D eigenvalue weighted by atomic mass is 10.2. The molecule has 0 aromatic heterocycles. The number of nitrogens with zero attached hydrogens (tertiary/aromatic N) is 1. The van der Waals surface area contributed by atoms with Crippen LogP contribution in [0.3, 0.4) is 0 Å². The van der Waals surface area contributed by atoms with Gasteiger partial charge in [-0.3, -0.25) is 18.8 Å². The highest BCUT2D eigenvalue weighted by Crippen LogP contribution is 2.59. The summed E-state index contributed by atoms with van der Waals surface area (Å²) in [5, 5.41) is 2.89. The molecule has 0 aliphatic rings. The second-order valence-electron chi connectivity index (χ2n) is 5.10. The summed E-state index contributed by atoms with van der Waals surface area (Å²) in [6, 6.07) is 0. The fourth-order valence-corrected chi connectivity index (χ4v) is 6.03. The van der Waals surface area contributed by atoms with Crippen LogP contribution >= 0.6 is 18.0 Å². The van der Waals surface area contributed by atoms with Crippen LogP contribution in [0.1, 0.15) is 52.9 Å². The lowest BCUT2D eigenvalue weighted by molar-refractivity contribution is -0.150. The van der Waals surface area contributed by atoms with Crippen molar-refractivity contribution in [3.63, 3.8) is 0 Å². The van der Waals surface area contributed by atoms with E-state index in [4.69, 9.17) is 4.74 Å². The fourth-order valence-electron chi connectivity index (χ4n) is 1.57. The van der Waals surface area contributed by atoms with Gasteiger partial charge in [-0.25, -0.2) is 5.09 Å². The third-order valence-corrected chi connectivity index (χ3v) is 9.05. The average Bonchev–Trinajstić information content (AvgIpc) is 2.51. The lowest BCUT2D eigenvalue weighted by Crippen LogP contribution is -2.32. The van der Waals surface area contributed by atoms with Crippen molar-refractivity contribution in [2.45, 2.75) is 58.1 Å². The van der Waals surface area contributed by atoms with E-state index in [1.165, 1.54) is 23.1 Å². The van der Waals surface area contributed by atoms with Crippen LogP contribution < -0.4 is 5.09 Å². The predicted octanol–water partition coefficient (Wildman–Crippen LogP) is 3.43. The second-order valence-corrected chi connectivity index (χ2v) is 10.3. The summed E-state index contributed by atoms with van der Waals surface area (Å²) >= 11 is 1.24. The molecule has 0 saturated heterocycles. The Balaban J connectivity index is 4.44. The monoisotopic (exact) mass is 352 g/mol. The molecule has 0 radical (unpaired) electrons. The Morgan fingerprint density at radius 2 is 1.95 bits per heavy atom. The lowest BCUT2D eigenvalue weighted by Gasteiger charge is -2.28. The van der Waals surface area contributed by atoms with E-state index in [1.54, 1.807) is 7.05 Å². The molecule has 0 aromatic rings. The minimum absolute atomic E-state index is 0.158. The zero-order chi connectivity index (χ0) is 17.2. The molecular formula is C14H29N2O4PS. The maximum absolute atomic E-state index is 12.8. The first-order valence-corrected chi connectivity index (χ1v) is 10.8. The standard InChI is InChI=1S/C14H29N2O4PS/c1-6-8-9-10-14(18)20-11-13(17)16(5)21(19,15-4)22-12(3)7-2/h12H,6-11H2,1-5H3,(H,15,19). The Labute approximate surface area is 138 Å². The molecule has 0 spiro atoms. The molecule has 0 saturated carbocycles. The van der Waals surface area contributed by atoms with Crippen LogP contribution in [-0.4, -0.2) is 42.5 Å². The second kappa shape index (κ2) is 11.1. The van der Waals surface area contributed by atoms with E-state index in [1.807, 2.05) is 20.8 Å². The van der Waals surface area contributed by atoms with Crippen LogP contribution in [0.25, 0.3) is 0 Å². The summed E-state index contributed by atoms with van der Waals surface area (Å²) in [7, 11) is 3.04. The molecule has 22 heavy (non-hydrogen) atoms. The van der Waals surface area contributed by atoms with E-state index < -0.39 is 12.6 Å². The van der Waals surface area contributed by atoms with E-state index in [2.05, 4.69) is 5.09 Å². The molecular weight excluding hydrogens is 323 g/mol. The van der Waals surface area contributed by atoms with Gasteiger partial charge in [0.05, 0.1) is 0 Å². The van der Waals surface area contributed by atoms with Crippen LogP contribution in [0, 0.1) is 0 Å². The molecule has 1 N–H and O–H groups in total. The van der Waals surface area contributed by atoms with Gasteiger partial charge in [-0.2, -0.15) is 0 Å². The minimum Gasteiger partial charge on any atom is -0.456 e. The number of esters is 1. The SMILES string of the molecule is CCCCCC(=O)OCC(=O)N(C)P(=O)(NC)SC(C)CC. The number of carbonyl (C=O) groups is 2. The van der Waals surface area contributed by atoms with Crippen LogP contribution in [0.2, 0.25) is 0 Å². The van der Waals surface area contributed by atoms with Crippen molar-refractivity contribution in [2.75, 3.05) is 20.7 Å². The summed E-state index contributed by atoms with van der Waals surface area (Å²) in [5.41, 5.74) is 0. The Kier molecular flexibility index (Phi) is 10.8. The molecule has 130 valence electrons. The molecule has 0 aliphatic carbocycles. The van der Waals surface area contributed by atoms with Crippen molar-refractivity contribution in [1.29, 1.82) is 0 Å². The predicted molar refractivity (Wildman–Crippen MR) is 91.9 cm³/mol. The summed E-state index contributed by atoms with van der Waals surface area (Å²) in [6.07, 6.45) is 3.91. The van der Waals surface area contributed by atoms with E-state index in [9.17, 15) is 14.2 Å². The molecule has 0 fully saturated rings. The van der Waals surface area contributed by atoms with Gasteiger partial charge in [-0.15, -0.1) is 0 Å².